The van der Waals surface area contributed by atoms with E-state index in [4.69, 9.17) is 16.8 Å². The molecule has 5 heteroatoms. The van der Waals surface area contributed by atoms with Crippen molar-refractivity contribution in [3.05, 3.63) is 81.9 Å². The quantitative estimate of drug-likeness (QED) is 0.697. The molecular weight excluding hydrogens is 350 g/mol. The van der Waals surface area contributed by atoms with Crippen LogP contribution in [0.15, 0.2) is 86.3 Å². The topological polar surface area (TPSA) is 24.7 Å². The number of halogens is 2. The normalized spacial score (nSPS) is 25.6. The maximum absolute atomic E-state index is 6.85. The van der Waals surface area contributed by atoms with Gasteiger partial charge < -0.3 is 0 Å². The highest BCUT2D eigenvalue weighted by atomic mass is 79.9. The summed E-state index contributed by atoms with van der Waals surface area (Å²) in [4.78, 5) is 9.00. The van der Waals surface area contributed by atoms with Crippen LogP contribution in [0.2, 0.25) is 0 Å². The molecule has 0 saturated heterocycles. The highest BCUT2D eigenvalue weighted by molar-refractivity contribution is 9.10. The Morgan fingerprint density at radius 1 is 1.24 bits per heavy atom. The highest BCUT2D eigenvalue weighted by Gasteiger charge is 2.46. The molecule has 21 heavy (non-hydrogen) atoms. The molecule has 0 saturated carbocycles. The van der Waals surface area contributed by atoms with Gasteiger partial charge in [0, 0.05) is 10.0 Å². The van der Waals surface area contributed by atoms with Crippen molar-refractivity contribution < 1.29 is 4.00 Å². The number of hydrogen-bond acceptors (Lipinski definition) is 2. The van der Waals surface area contributed by atoms with Gasteiger partial charge in [-0.3, -0.25) is 4.99 Å². The fourth-order valence-corrected chi connectivity index (χ4v) is 3.20. The molecule has 1 atom stereocenters. The third-order valence-corrected chi connectivity index (χ3v) is 4.53. The van der Waals surface area contributed by atoms with E-state index in [0.29, 0.717) is 0 Å². The number of rotatable bonds is 2. The van der Waals surface area contributed by atoms with E-state index >= 15 is 0 Å². The molecule has 0 spiro atoms. The predicted molar refractivity (Wildman–Crippen MR) is 88.7 cm³/mol. The lowest BCUT2D eigenvalue weighted by atomic mass is 10.0. The second-order valence-electron chi connectivity index (χ2n) is 4.87. The van der Waals surface area contributed by atoms with Crippen molar-refractivity contribution in [2.45, 2.75) is 0 Å². The Labute approximate surface area is 135 Å². The third-order valence-electron chi connectivity index (χ3n) is 3.58. The van der Waals surface area contributed by atoms with E-state index in [9.17, 15) is 0 Å². The van der Waals surface area contributed by atoms with E-state index in [2.05, 4.69) is 20.9 Å². The smallest absolute Gasteiger partial charge is 0.253 e. The number of amidine groups is 1. The van der Waals surface area contributed by atoms with Crippen molar-refractivity contribution in [2.75, 3.05) is 0 Å². The van der Waals surface area contributed by atoms with Gasteiger partial charge in [0.15, 0.2) is 11.8 Å². The van der Waals surface area contributed by atoms with Gasteiger partial charge >= 0.3 is 0 Å². The van der Waals surface area contributed by atoms with E-state index in [0.717, 1.165) is 32.8 Å². The van der Waals surface area contributed by atoms with Crippen LogP contribution in [0.1, 0.15) is 5.56 Å². The molecule has 0 N–H and O–H groups in total. The van der Waals surface area contributed by atoms with Crippen LogP contribution in [0.4, 0.5) is 0 Å². The fourth-order valence-electron chi connectivity index (χ4n) is 2.49. The minimum Gasteiger partial charge on any atom is -0.253 e. The second-order valence-corrected chi connectivity index (χ2v) is 6.32. The van der Waals surface area contributed by atoms with E-state index in [1.807, 2.05) is 48.7 Å². The number of fused-ring (bicyclic) bond motifs is 1. The molecule has 102 valence electrons. The zero-order valence-corrected chi connectivity index (χ0v) is 13.2. The summed E-state index contributed by atoms with van der Waals surface area (Å²) >= 11 is 10.3. The number of quaternary nitrogens is 1. The molecule has 3 aliphatic rings. The lowest BCUT2D eigenvalue weighted by Gasteiger charge is -2.23. The Kier molecular flexibility index (Phi) is 2.85. The van der Waals surface area contributed by atoms with Crippen LogP contribution in [0, 0.1) is 0 Å². The minimum absolute atomic E-state index is 0.0282. The van der Waals surface area contributed by atoms with E-state index in [-0.39, 0.29) is 4.00 Å². The largest absolute Gasteiger partial charge is 0.264 e. The summed E-state index contributed by atoms with van der Waals surface area (Å²) in [6.45, 7) is 0. The summed E-state index contributed by atoms with van der Waals surface area (Å²) in [6, 6.07) is 7.99. The minimum atomic E-state index is 0.0282. The number of benzene rings is 1. The van der Waals surface area contributed by atoms with Gasteiger partial charge in [0.25, 0.3) is 5.84 Å². The lowest BCUT2D eigenvalue weighted by molar-refractivity contribution is -0.599. The van der Waals surface area contributed by atoms with Crippen molar-refractivity contribution in [3.63, 3.8) is 0 Å². The molecule has 0 bridgehead atoms. The van der Waals surface area contributed by atoms with Crippen molar-refractivity contribution in [2.24, 2.45) is 9.98 Å². The maximum Gasteiger partial charge on any atom is 0.264 e. The predicted octanol–water partition coefficient (Wildman–Crippen LogP) is 4.44. The van der Waals surface area contributed by atoms with E-state index in [1.165, 1.54) is 0 Å². The molecule has 2 heterocycles. The zero-order chi connectivity index (χ0) is 14.4. The number of nitrogens with zero attached hydrogens (tertiary/aromatic N) is 3. The van der Waals surface area contributed by atoms with E-state index < -0.39 is 0 Å². The van der Waals surface area contributed by atoms with Crippen molar-refractivity contribution >= 4 is 39.8 Å². The van der Waals surface area contributed by atoms with Gasteiger partial charge in [0.2, 0.25) is 5.70 Å². The molecule has 0 amide bonds. The number of hydrogen-bond donors (Lipinski definition) is 0. The van der Waals surface area contributed by atoms with Gasteiger partial charge in [0.05, 0.1) is 18.0 Å². The average molecular weight is 360 g/mol. The summed E-state index contributed by atoms with van der Waals surface area (Å²) in [5.74, 6) is 0.784. The third kappa shape index (κ3) is 1.91. The molecule has 0 aromatic heterocycles. The summed E-state index contributed by atoms with van der Waals surface area (Å²) in [6.07, 6.45) is 11.4. The van der Waals surface area contributed by atoms with Gasteiger partial charge in [-0.15, -0.1) is 4.00 Å². The zero-order valence-electron chi connectivity index (χ0n) is 10.9. The van der Waals surface area contributed by atoms with Gasteiger partial charge in [-0.25, -0.2) is 0 Å². The summed E-state index contributed by atoms with van der Waals surface area (Å²) < 4.78 is 1.03. The molecule has 1 aromatic rings. The molecule has 0 fully saturated rings. The first-order valence-corrected chi connectivity index (χ1v) is 7.60. The van der Waals surface area contributed by atoms with Crippen molar-refractivity contribution in [1.82, 2.24) is 0 Å². The molecule has 3 nitrogen and oxygen atoms in total. The molecule has 2 aliphatic heterocycles. The van der Waals surface area contributed by atoms with Crippen LogP contribution in [0.25, 0.3) is 0 Å². The summed E-state index contributed by atoms with van der Waals surface area (Å²) in [5.41, 5.74) is 3.83. The Morgan fingerprint density at radius 3 is 2.81 bits per heavy atom. The Hall–Kier alpha value is -1.75. The van der Waals surface area contributed by atoms with E-state index in [1.54, 1.807) is 12.4 Å². The van der Waals surface area contributed by atoms with Gasteiger partial charge in [-0.05, 0) is 18.2 Å². The van der Waals surface area contributed by atoms with Crippen LogP contribution < -0.4 is 0 Å². The Bertz CT molecular complexity index is 830. The molecule has 1 aromatic carbocycles. The van der Waals surface area contributed by atoms with Crippen LogP contribution >= 0.6 is 27.7 Å². The number of aliphatic imine (C=N–C) groups is 2. The van der Waals surface area contributed by atoms with Gasteiger partial charge in [-0.2, -0.15) is 4.99 Å². The van der Waals surface area contributed by atoms with Crippen LogP contribution in [-0.4, -0.2) is 16.1 Å². The molecule has 4 rings (SSSR count). The molecule has 1 aliphatic carbocycles. The summed E-state index contributed by atoms with van der Waals surface area (Å²) in [7, 11) is 0. The van der Waals surface area contributed by atoms with Gasteiger partial charge in [0.1, 0.15) is 11.9 Å². The van der Waals surface area contributed by atoms with Crippen molar-refractivity contribution in [3.8, 4) is 0 Å². The lowest BCUT2D eigenvalue weighted by Crippen LogP contribution is -2.37. The molecule has 0 radical (unpaired) electrons. The standard InChI is InChI=1S/C16H10BrClN3/c17-13-6-2-5-12(9-13)16-20-15(11-3-1-4-11)14-10-19-7-8-21(14,16)18/h1-10H/q+1. The first kappa shape index (κ1) is 13.0. The highest BCUT2D eigenvalue weighted by Crippen LogP contribution is 2.41. The molecular formula is C16H10BrClN3+. The fraction of sp³-hybridized carbons (Fsp3) is 0. The second kappa shape index (κ2) is 4.63. The number of allylic oxidation sites excluding steroid dienone is 4. The van der Waals surface area contributed by atoms with Crippen LogP contribution in [-0.2, 0) is 0 Å². The van der Waals surface area contributed by atoms with Crippen LogP contribution in [0.5, 0.6) is 0 Å². The summed E-state index contributed by atoms with van der Waals surface area (Å²) in [5, 5.41) is 0. The monoisotopic (exact) mass is 358 g/mol. The van der Waals surface area contributed by atoms with Crippen molar-refractivity contribution in [1.29, 1.82) is 0 Å². The Morgan fingerprint density at radius 2 is 2.10 bits per heavy atom. The SMILES string of the molecule is Cl[N+]12C=CN=CC1=C(C1=CC=C1)N=C2c1cccc(Br)c1. The average Bonchev–Trinajstić information content (AvgIpc) is 2.70. The molecule has 1 unspecified atom stereocenters. The first-order valence-electron chi connectivity index (χ1n) is 6.46. The van der Waals surface area contributed by atoms with Gasteiger partial charge in [-0.1, -0.05) is 40.2 Å². The maximum atomic E-state index is 6.85. The first-order chi connectivity index (χ1) is 10.2. The Balaban J connectivity index is 1.90. The van der Waals surface area contributed by atoms with Crippen LogP contribution in [0.3, 0.4) is 0 Å².